The zero-order valence-corrected chi connectivity index (χ0v) is 13.6. The van der Waals surface area contributed by atoms with Crippen LogP contribution < -0.4 is 14.9 Å². The van der Waals surface area contributed by atoms with Gasteiger partial charge < -0.3 is 9.47 Å². The number of hydrogen-bond donors (Lipinski definition) is 1. The van der Waals surface area contributed by atoms with Crippen molar-refractivity contribution in [3.63, 3.8) is 0 Å². The molecule has 0 unspecified atom stereocenters. The smallest absolute Gasteiger partial charge is 0.277 e. The van der Waals surface area contributed by atoms with E-state index in [1.54, 1.807) is 12.3 Å². The zero-order chi connectivity index (χ0) is 17.2. The lowest BCUT2D eigenvalue weighted by Crippen LogP contribution is -2.24. The van der Waals surface area contributed by atoms with E-state index in [4.69, 9.17) is 9.47 Å². The van der Waals surface area contributed by atoms with Crippen molar-refractivity contribution < 1.29 is 14.3 Å². The van der Waals surface area contributed by atoms with Gasteiger partial charge in [0, 0.05) is 0 Å². The molecule has 0 radical (unpaired) electrons. The van der Waals surface area contributed by atoms with E-state index < -0.39 is 0 Å². The third kappa shape index (κ3) is 5.61. The molecule has 5 nitrogen and oxygen atoms in total. The number of hydrogen-bond acceptors (Lipinski definition) is 4. The van der Waals surface area contributed by atoms with Gasteiger partial charge in [-0.15, -0.1) is 0 Å². The van der Waals surface area contributed by atoms with Crippen LogP contribution >= 0.6 is 0 Å². The summed E-state index contributed by atoms with van der Waals surface area (Å²) < 4.78 is 10.8. The predicted molar refractivity (Wildman–Crippen MR) is 94.5 cm³/mol. The lowest BCUT2D eigenvalue weighted by Gasteiger charge is -2.07. The molecule has 1 amide bonds. The second-order valence-corrected chi connectivity index (χ2v) is 5.02. The van der Waals surface area contributed by atoms with Gasteiger partial charge in [0.1, 0.15) is 18.1 Å². The van der Waals surface area contributed by atoms with Crippen LogP contribution in [0.15, 0.2) is 66.3 Å². The van der Waals surface area contributed by atoms with Crippen molar-refractivity contribution in [2.75, 3.05) is 13.2 Å². The van der Waals surface area contributed by atoms with Crippen molar-refractivity contribution in [3.05, 3.63) is 72.3 Å². The van der Waals surface area contributed by atoms with Crippen LogP contribution in [-0.4, -0.2) is 25.3 Å². The van der Waals surface area contributed by atoms with Crippen molar-refractivity contribution in [1.29, 1.82) is 0 Å². The van der Waals surface area contributed by atoms with Gasteiger partial charge in [-0.05, 0) is 48.4 Å². The van der Waals surface area contributed by atoms with Crippen LogP contribution in [0.2, 0.25) is 0 Å². The molecule has 0 spiro atoms. The molecule has 5 heteroatoms. The predicted octanol–water partition coefficient (Wildman–Crippen LogP) is 3.09. The zero-order valence-electron chi connectivity index (χ0n) is 13.6. The Hall–Kier alpha value is -3.08. The van der Waals surface area contributed by atoms with Crippen LogP contribution in [0.25, 0.3) is 0 Å². The Morgan fingerprint density at radius 2 is 1.92 bits per heavy atom. The van der Waals surface area contributed by atoms with Crippen LogP contribution in [0.3, 0.4) is 0 Å². The second kappa shape index (κ2) is 9.15. The minimum atomic E-state index is -0.319. The Morgan fingerprint density at radius 1 is 1.17 bits per heavy atom. The highest BCUT2D eigenvalue weighted by Gasteiger charge is 2.03. The lowest BCUT2D eigenvalue weighted by atomic mass is 10.2. The summed E-state index contributed by atoms with van der Waals surface area (Å²) in [6.07, 6.45) is 3.24. The van der Waals surface area contributed by atoms with Gasteiger partial charge in [0.25, 0.3) is 5.91 Å². The number of amides is 1. The number of hydrazone groups is 1. The number of carbonyl (C=O) groups excluding carboxylic acids is 1. The number of para-hydroxylation sites is 1. The molecule has 0 atom stereocenters. The molecule has 1 N–H and O–H groups in total. The van der Waals surface area contributed by atoms with E-state index >= 15 is 0 Å². The topological polar surface area (TPSA) is 59.9 Å². The molecule has 2 aromatic carbocycles. The number of nitrogens with one attached hydrogen (secondary N) is 1. The van der Waals surface area contributed by atoms with E-state index in [2.05, 4.69) is 17.1 Å². The van der Waals surface area contributed by atoms with E-state index in [0.717, 1.165) is 16.9 Å². The third-order valence-electron chi connectivity index (χ3n) is 3.10. The van der Waals surface area contributed by atoms with Crippen molar-refractivity contribution in [2.45, 2.75) is 6.92 Å². The minimum Gasteiger partial charge on any atom is -0.490 e. The summed E-state index contributed by atoms with van der Waals surface area (Å²) in [6, 6.07) is 14.9. The van der Waals surface area contributed by atoms with E-state index in [0.29, 0.717) is 12.4 Å². The summed E-state index contributed by atoms with van der Waals surface area (Å²) >= 11 is 0. The largest absolute Gasteiger partial charge is 0.490 e. The maximum Gasteiger partial charge on any atom is 0.277 e. The minimum absolute atomic E-state index is 0.0868. The Kier molecular flexibility index (Phi) is 6.58. The van der Waals surface area contributed by atoms with E-state index in [1.807, 2.05) is 55.5 Å². The fourth-order valence-corrected chi connectivity index (χ4v) is 1.88. The molecule has 2 aromatic rings. The molecule has 0 fully saturated rings. The summed E-state index contributed by atoms with van der Waals surface area (Å²) in [5.74, 6) is 1.12. The maximum atomic E-state index is 11.7. The molecule has 0 aromatic heterocycles. The van der Waals surface area contributed by atoms with Gasteiger partial charge in [-0.25, -0.2) is 5.43 Å². The molecule has 0 aliphatic rings. The average Bonchev–Trinajstić information content (AvgIpc) is 2.60. The summed E-state index contributed by atoms with van der Waals surface area (Å²) in [5, 5.41) is 3.91. The number of benzene rings is 2. The summed E-state index contributed by atoms with van der Waals surface area (Å²) in [4.78, 5) is 11.7. The standard InChI is InChI=1S/C19H20N2O3/c1-3-12-23-17-10-8-16(9-11-17)13-20-21-19(22)14-24-18-7-5-4-6-15(18)2/h3-11,13H,1,12,14H2,2H3,(H,21,22)/b20-13-. The van der Waals surface area contributed by atoms with Crippen LogP contribution in [0.1, 0.15) is 11.1 Å². The van der Waals surface area contributed by atoms with Gasteiger partial charge in [-0.3, -0.25) is 4.79 Å². The van der Waals surface area contributed by atoms with Crippen LogP contribution in [0.4, 0.5) is 0 Å². The van der Waals surface area contributed by atoms with Crippen LogP contribution in [0, 0.1) is 6.92 Å². The maximum absolute atomic E-state index is 11.7. The molecule has 124 valence electrons. The molecule has 0 aliphatic heterocycles. The number of rotatable bonds is 8. The third-order valence-corrected chi connectivity index (χ3v) is 3.10. The molecule has 2 rings (SSSR count). The van der Waals surface area contributed by atoms with Crippen molar-refractivity contribution >= 4 is 12.1 Å². The van der Waals surface area contributed by atoms with Gasteiger partial charge in [-0.2, -0.15) is 5.10 Å². The Labute approximate surface area is 141 Å². The number of nitrogens with zero attached hydrogens (tertiary/aromatic N) is 1. The molecule has 0 bridgehead atoms. The summed E-state index contributed by atoms with van der Waals surface area (Å²) in [7, 11) is 0. The van der Waals surface area contributed by atoms with Gasteiger partial charge in [-0.1, -0.05) is 30.9 Å². The first-order valence-electron chi connectivity index (χ1n) is 7.53. The molecule has 0 aliphatic carbocycles. The molecule has 0 saturated carbocycles. The van der Waals surface area contributed by atoms with E-state index in [1.165, 1.54) is 0 Å². The average molecular weight is 324 g/mol. The lowest BCUT2D eigenvalue weighted by molar-refractivity contribution is -0.123. The van der Waals surface area contributed by atoms with Gasteiger partial charge in [0.05, 0.1) is 6.21 Å². The van der Waals surface area contributed by atoms with Gasteiger partial charge >= 0.3 is 0 Å². The Morgan fingerprint density at radius 3 is 2.62 bits per heavy atom. The summed E-state index contributed by atoms with van der Waals surface area (Å²) in [6.45, 7) is 5.89. The molecular formula is C19H20N2O3. The highest BCUT2D eigenvalue weighted by atomic mass is 16.5. The quantitative estimate of drug-likeness (QED) is 0.461. The van der Waals surface area contributed by atoms with Crippen molar-refractivity contribution in [2.24, 2.45) is 5.10 Å². The fourth-order valence-electron chi connectivity index (χ4n) is 1.88. The van der Waals surface area contributed by atoms with Crippen molar-refractivity contribution in [1.82, 2.24) is 5.43 Å². The number of aryl methyl sites for hydroxylation is 1. The Balaban J connectivity index is 1.77. The number of ether oxygens (including phenoxy) is 2. The van der Waals surface area contributed by atoms with Gasteiger partial charge in [0.15, 0.2) is 6.61 Å². The van der Waals surface area contributed by atoms with Gasteiger partial charge in [0.2, 0.25) is 0 Å². The first-order chi connectivity index (χ1) is 11.7. The van der Waals surface area contributed by atoms with E-state index in [9.17, 15) is 4.79 Å². The Bertz CT molecular complexity index is 709. The highest BCUT2D eigenvalue weighted by Crippen LogP contribution is 2.15. The van der Waals surface area contributed by atoms with Crippen LogP contribution in [0.5, 0.6) is 11.5 Å². The second-order valence-electron chi connectivity index (χ2n) is 5.02. The molecule has 0 saturated heterocycles. The molecule has 24 heavy (non-hydrogen) atoms. The van der Waals surface area contributed by atoms with Crippen LogP contribution in [-0.2, 0) is 4.79 Å². The van der Waals surface area contributed by atoms with Crippen molar-refractivity contribution in [3.8, 4) is 11.5 Å². The molecule has 0 heterocycles. The SMILES string of the molecule is C=CCOc1ccc(/C=N\NC(=O)COc2ccccc2C)cc1. The monoisotopic (exact) mass is 324 g/mol. The summed E-state index contributed by atoms with van der Waals surface area (Å²) in [5.41, 5.74) is 4.26. The number of carbonyl (C=O) groups is 1. The van der Waals surface area contributed by atoms with E-state index in [-0.39, 0.29) is 12.5 Å². The molecular weight excluding hydrogens is 304 g/mol. The fraction of sp³-hybridized carbons (Fsp3) is 0.158. The highest BCUT2D eigenvalue weighted by molar-refractivity contribution is 5.83. The first kappa shape index (κ1) is 17.3. The normalized spacial score (nSPS) is 10.4. The first-order valence-corrected chi connectivity index (χ1v) is 7.53.